The van der Waals surface area contributed by atoms with Gasteiger partial charge in [-0.25, -0.2) is 13.1 Å². The van der Waals surface area contributed by atoms with Crippen molar-refractivity contribution in [3.05, 3.63) is 17.7 Å². The van der Waals surface area contributed by atoms with Gasteiger partial charge in [-0.1, -0.05) is 20.8 Å². The van der Waals surface area contributed by atoms with Gasteiger partial charge in [-0.2, -0.15) is 0 Å². The van der Waals surface area contributed by atoms with Crippen LogP contribution in [0, 0.1) is 12.3 Å². The summed E-state index contributed by atoms with van der Waals surface area (Å²) < 4.78 is 32.7. The Kier molecular flexibility index (Phi) is 3.99. The van der Waals surface area contributed by atoms with Crippen molar-refractivity contribution in [3.8, 4) is 5.75 Å². The molecule has 0 radical (unpaired) electrons. The number of benzene rings is 1. The summed E-state index contributed by atoms with van der Waals surface area (Å²) in [7, 11) is -3.63. The first-order chi connectivity index (χ1) is 9.58. The molecule has 0 saturated heterocycles. The number of hydrogen-bond donors (Lipinski definition) is 2. The van der Waals surface area contributed by atoms with Crippen LogP contribution in [0.25, 0.3) is 0 Å². The predicted molar refractivity (Wildman–Crippen MR) is 79.9 cm³/mol. The van der Waals surface area contributed by atoms with Crippen LogP contribution in [0.1, 0.15) is 26.3 Å². The largest absolute Gasteiger partial charge is 0.482 e. The minimum absolute atomic E-state index is 0.0548. The molecule has 1 aliphatic rings. The van der Waals surface area contributed by atoms with Crippen molar-refractivity contribution in [3.63, 3.8) is 0 Å². The maximum absolute atomic E-state index is 12.4. The summed E-state index contributed by atoms with van der Waals surface area (Å²) in [5, 5.41) is 2.62. The Bertz CT molecular complexity index is 675. The van der Waals surface area contributed by atoms with Gasteiger partial charge in [0.1, 0.15) is 5.75 Å². The number of sulfonamides is 1. The van der Waals surface area contributed by atoms with E-state index in [1.165, 1.54) is 6.07 Å². The van der Waals surface area contributed by atoms with Crippen molar-refractivity contribution in [1.82, 2.24) is 4.72 Å². The monoisotopic (exact) mass is 312 g/mol. The Morgan fingerprint density at radius 1 is 1.33 bits per heavy atom. The molecule has 0 aliphatic carbocycles. The predicted octanol–water partition coefficient (Wildman–Crippen LogP) is 1.65. The van der Waals surface area contributed by atoms with Crippen molar-refractivity contribution in [2.75, 3.05) is 18.5 Å². The van der Waals surface area contributed by atoms with Gasteiger partial charge in [-0.15, -0.1) is 0 Å². The lowest BCUT2D eigenvalue weighted by atomic mass is 9.98. The number of anilines is 1. The third kappa shape index (κ3) is 3.74. The van der Waals surface area contributed by atoms with Crippen LogP contribution in [-0.4, -0.2) is 27.5 Å². The number of rotatable bonds is 3. The topological polar surface area (TPSA) is 84.5 Å². The number of aryl methyl sites for hydroxylation is 1. The van der Waals surface area contributed by atoms with Gasteiger partial charge in [0.15, 0.2) is 6.61 Å². The summed E-state index contributed by atoms with van der Waals surface area (Å²) in [6, 6.07) is 3.06. The average molecular weight is 312 g/mol. The fourth-order valence-electron chi connectivity index (χ4n) is 1.89. The first kappa shape index (κ1) is 15.8. The molecule has 0 atom stereocenters. The van der Waals surface area contributed by atoms with E-state index in [2.05, 4.69) is 10.0 Å². The molecule has 116 valence electrons. The van der Waals surface area contributed by atoms with Gasteiger partial charge in [0, 0.05) is 6.54 Å². The maximum atomic E-state index is 12.4. The molecule has 0 saturated carbocycles. The van der Waals surface area contributed by atoms with E-state index in [4.69, 9.17) is 4.74 Å². The highest BCUT2D eigenvalue weighted by atomic mass is 32.2. The minimum Gasteiger partial charge on any atom is -0.482 e. The maximum Gasteiger partial charge on any atom is 0.262 e. The molecular weight excluding hydrogens is 292 g/mol. The zero-order chi connectivity index (χ0) is 15.8. The van der Waals surface area contributed by atoms with Crippen LogP contribution >= 0.6 is 0 Å². The second kappa shape index (κ2) is 5.31. The van der Waals surface area contributed by atoms with Crippen LogP contribution in [0.3, 0.4) is 0 Å². The molecule has 2 N–H and O–H groups in total. The molecule has 0 bridgehead atoms. The zero-order valence-electron chi connectivity index (χ0n) is 12.6. The Hall–Kier alpha value is -1.60. The van der Waals surface area contributed by atoms with Crippen LogP contribution < -0.4 is 14.8 Å². The number of carbonyl (C=O) groups excluding carboxylic acids is 1. The quantitative estimate of drug-likeness (QED) is 0.889. The van der Waals surface area contributed by atoms with E-state index in [-0.39, 0.29) is 22.8 Å². The molecule has 6 nitrogen and oxygen atoms in total. The summed E-state index contributed by atoms with van der Waals surface area (Å²) in [6.45, 7) is 7.82. The molecule has 2 rings (SSSR count). The lowest BCUT2D eigenvalue weighted by molar-refractivity contribution is -0.118. The van der Waals surface area contributed by atoms with Crippen molar-refractivity contribution >= 4 is 21.6 Å². The summed E-state index contributed by atoms with van der Waals surface area (Å²) in [5.41, 5.74) is 0.797. The van der Waals surface area contributed by atoms with E-state index in [0.29, 0.717) is 23.5 Å². The second-order valence-electron chi connectivity index (χ2n) is 6.34. The van der Waals surface area contributed by atoms with Gasteiger partial charge >= 0.3 is 0 Å². The molecule has 0 spiro atoms. The van der Waals surface area contributed by atoms with Crippen LogP contribution in [0.15, 0.2) is 17.0 Å². The smallest absolute Gasteiger partial charge is 0.262 e. The van der Waals surface area contributed by atoms with E-state index in [1.54, 1.807) is 13.0 Å². The number of carbonyl (C=O) groups is 1. The average Bonchev–Trinajstić information content (AvgIpc) is 2.35. The van der Waals surface area contributed by atoms with E-state index < -0.39 is 10.0 Å². The Balaban J connectivity index is 2.35. The van der Waals surface area contributed by atoms with Crippen molar-refractivity contribution in [1.29, 1.82) is 0 Å². The summed E-state index contributed by atoms with van der Waals surface area (Å²) in [6.07, 6.45) is 0. The first-order valence-corrected chi connectivity index (χ1v) is 8.14. The molecule has 1 aromatic rings. The number of hydrogen-bond acceptors (Lipinski definition) is 4. The summed E-state index contributed by atoms with van der Waals surface area (Å²) in [5.74, 6) is 0.194. The van der Waals surface area contributed by atoms with Crippen LogP contribution in [-0.2, 0) is 14.8 Å². The lowest BCUT2D eigenvalue weighted by Gasteiger charge is -2.22. The van der Waals surface area contributed by atoms with Crippen LogP contribution in [0.4, 0.5) is 5.69 Å². The van der Waals surface area contributed by atoms with E-state index >= 15 is 0 Å². The molecule has 0 fully saturated rings. The summed E-state index contributed by atoms with van der Waals surface area (Å²) >= 11 is 0. The molecule has 0 unspecified atom stereocenters. The van der Waals surface area contributed by atoms with Gasteiger partial charge in [-0.05, 0) is 30.0 Å². The molecule has 0 aromatic heterocycles. The van der Waals surface area contributed by atoms with Gasteiger partial charge in [-0.3, -0.25) is 4.79 Å². The molecule has 7 heteroatoms. The second-order valence-corrected chi connectivity index (χ2v) is 8.07. The van der Waals surface area contributed by atoms with E-state index in [9.17, 15) is 13.2 Å². The Morgan fingerprint density at radius 2 is 2.00 bits per heavy atom. The number of ether oxygens (including phenoxy) is 1. The highest BCUT2D eigenvalue weighted by Crippen LogP contribution is 2.32. The number of nitrogens with one attached hydrogen (secondary N) is 2. The fraction of sp³-hybridized carbons (Fsp3) is 0.500. The highest BCUT2D eigenvalue weighted by molar-refractivity contribution is 7.89. The number of fused-ring (bicyclic) bond motifs is 1. The van der Waals surface area contributed by atoms with E-state index in [1.807, 2.05) is 20.8 Å². The first-order valence-electron chi connectivity index (χ1n) is 6.65. The molecule has 1 heterocycles. The molecule has 1 aromatic carbocycles. The molecule has 1 amide bonds. The molecule has 21 heavy (non-hydrogen) atoms. The van der Waals surface area contributed by atoms with Crippen molar-refractivity contribution in [2.45, 2.75) is 32.6 Å². The third-order valence-corrected chi connectivity index (χ3v) is 4.54. The number of amides is 1. The van der Waals surface area contributed by atoms with Gasteiger partial charge < -0.3 is 10.1 Å². The molecular formula is C14H20N2O4S. The fourth-order valence-corrected chi connectivity index (χ4v) is 3.42. The van der Waals surface area contributed by atoms with Crippen LogP contribution in [0.5, 0.6) is 5.75 Å². The van der Waals surface area contributed by atoms with Gasteiger partial charge in [0.05, 0.1) is 10.6 Å². The lowest BCUT2D eigenvalue weighted by Crippen LogP contribution is -2.33. The van der Waals surface area contributed by atoms with Gasteiger partial charge in [0.2, 0.25) is 10.0 Å². The summed E-state index contributed by atoms with van der Waals surface area (Å²) in [4.78, 5) is 11.5. The Morgan fingerprint density at radius 3 is 2.62 bits per heavy atom. The normalized spacial score (nSPS) is 15.1. The third-order valence-electron chi connectivity index (χ3n) is 2.99. The van der Waals surface area contributed by atoms with Crippen molar-refractivity contribution in [2.24, 2.45) is 5.41 Å². The SMILES string of the molecule is Cc1cc2c(cc1S(=O)(=O)NCC(C)(C)C)NC(=O)CO2. The van der Waals surface area contributed by atoms with Crippen molar-refractivity contribution < 1.29 is 17.9 Å². The highest BCUT2D eigenvalue weighted by Gasteiger charge is 2.24. The Labute approximate surface area is 124 Å². The van der Waals surface area contributed by atoms with Gasteiger partial charge in [0.25, 0.3) is 5.91 Å². The minimum atomic E-state index is -3.63. The zero-order valence-corrected chi connectivity index (χ0v) is 13.4. The standard InChI is InChI=1S/C14H20N2O4S/c1-9-5-11-10(16-13(17)7-20-11)6-12(9)21(18,19)15-8-14(2,3)4/h5-6,15H,7-8H2,1-4H3,(H,16,17). The molecule has 1 aliphatic heterocycles. The van der Waals surface area contributed by atoms with Crippen LogP contribution in [0.2, 0.25) is 0 Å². The van der Waals surface area contributed by atoms with E-state index in [0.717, 1.165) is 0 Å².